The summed E-state index contributed by atoms with van der Waals surface area (Å²) < 4.78 is 0. The van der Waals surface area contributed by atoms with Crippen molar-refractivity contribution < 1.29 is 9.90 Å². The number of nitrogens with one attached hydrogen (secondary N) is 1. The van der Waals surface area contributed by atoms with E-state index in [0.717, 1.165) is 53.2 Å². The Labute approximate surface area is 245 Å². The van der Waals surface area contributed by atoms with Gasteiger partial charge in [0, 0.05) is 25.3 Å². The van der Waals surface area contributed by atoms with Gasteiger partial charge in [0.25, 0.3) is 0 Å². The molecule has 1 unspecified atom stereocenters. The minimum Gasteiger partial charge on any atom is -0.386 e. The lowest BCUT2D eigenvalue weighted by Crippen LogP contribution is -2.46. The number of aromatic nitrogens is 2. The van der Waals surface area contributed by atoms with E-state index in [0.29, 0.717) is 10.8 Å². The van der Waals surface area contributed by atoms with Crippen molar-refractivity contribution in [3.8, 4) is 0 Å². The topological polar surface area (TPSA) is 93.9 Å². The number of piperidine rings is 2. The molecule has 4 rings (SSSR count). The number of hydrogen-bond acceptors (Lipinski definition) is 7. The van der Waals surface area contributed by atoms with E-state index in [9.17, 15) is 9.90 Å². The van der Waals surface area contributed by atoms with Crippen LogP contribution in [0.3, 0.4) is 0 Å². The van der Waals surface area contributed by atoms with E-state index in [2.05, 4.69) is 39.0 Å². The summed E-state index contributed by atoms with van der Waals surface area (Å²) in [5.41, 5.74) is 2.93. The molecule has 1 atom stereocenters. The number of pyridine rings is 1. The summed E-state index contributed by atoms with van der Waals surface area (Å²) in [4.78, 5) is 29.3. The number of rotatable bonds is 6. The molecule has 2 aliphatic rings. The number of carbonyl (C=O) groups excluding carboxylic acids is 1. The molecule has 0 bridgehead atoms. The van der Waals surface area contributed by atoms with Crippen LogP contribution in [0.2, 0.25) is 0 Å². The third-order valence-corrected chi connectivity index (χ3v) is 8.11. The molecule has 2 saturated heterocycles. The second-order valence-corrected chi connectivity index (χ2v) is 11.6. The molecule has 1 amide bonds. The standard InChI is InChI=1S/C17H22N4OS.C11H20N2O.C3H8/c1-6-14(16-11(3)19-17(23-16)12(4)22)20-13(5)21-15-8-7-10(2)9-18-15;14-10-12-8-4-11(5-9-12)13-6-2-1-3-7-13;1-3-2/h6-9,12,22H,1-5H3,(H,18,20,21);10-11H,1-9H2;3H2,1-2H3/b14-6-;;. The van der Waals surface area contributed by atoms with Crippen molar-refractivity contribution in [2.75, 3.05) is 26.2 Å². The van der Waals surface area contributed by atoms with Gasteiger partial charge in [-0.1, -0.05) is 38.8 Å². The van der Waals surface area contributed by atoms with E-state index >= 15 is 0 Å². The second-order valence-electron chi connectivity index (χ2n) is 10.5. The van der Waals surface area contributed by atoms with Crippen LogP contribution in [0, 0.1) is 13.8 Å². The highest BCUT2D eigenvalue weighted by atomic mass is 32.1. The Morgan fingerprint density at radius 2 is 1.82 bits per heavy atom. The van der Waals surface area contributed by atoms with E-state index < -0.39 is 6.10 Å². The lowest BCUT2D eigenvalue weighted by atomic mass is 10.0. The average molecular weight is 571 g/mol. The molecule has 4 heterocycles. The number of likely N-dealkylation sites (tertiary alicyclic amines) is 2. The number of thiazole rings is 1. The number of aliphatic hydroxyl groups is 1. The molecular formula is C31H50N6O2S. The fourth-order valence-electron chi connectivity index (χ4n) is 4.67. The molecule has 2 fully saturated rings. The zero-order chi connectivity index (χ0) is 29.5. The first kappa shape index (κ1) is 33.6. The minimum absolute atomic E-state index is 0.558. The van der Waals surface area contributed by atoms with Crippen LogP contribution >= 0.6 is 11.3 Å². The van der Waals surface area contributed by atoms with Crippen molar-refractivity contribution in [1.29, 1.82) is 0 Å². The number of aliphatic hydroxyl groups excluding tert-OH is 1. The fraction of sp³-hybridized carbons (Fsp3) is 0.613. The third kappa shape index (κ3) is 11.1. The van der Waals surface area contributed by atoms with Crippen LogP contribution in [0.25, 0.3) is 5.70 Å². The monoisotopic (exact) mass is 570 g/mol. The van der Waals surface area contributed by atoms with Gasteiger partial charge in [0.05, 0.1) is 16.3 Å². The van der Waals surface area contributed by atoms with E-state index in [1.807, 2.05) is 50.8 Å². The summed E-state index contributed by atoms with van der Waals surface area (Å²) in [6.07, 6.45) is 12.0. The number of aryl methyl sites for hydroxylation is 2. The Morgan fingerprint density at radius 1 is 1.18 bits per heavy atom. The predicted molar refractivity (Wildman–Crippen MR) is 168 cm³/mol. The zero-order valence-corrected chi connectivity index (χ0v) is 26.4. The van der Waals surface area contributed by atoms with Gasteiger partial charge in [-0.3, -0.25) is 4.79 Å². The number of hydrogen-bond donors (Lipinski definition) is 2. The van der Waals surface area contributed by atoms with Crippen molar-refractivity contribution in [2.24, 2.45) is 4.99 Å². The lowest BCUT2D eigenvalue weighted by Gasteiger charge is -2.39. The Bertz CT molecular complexity index is 1070. The highest BCUT2D eigenvalue weighted by Gasteiger charge is 2.24. The lowest BCUT2D eigenvalue weighted by molar-refractivity contribution is -0.119. The molecule has 222 valence electrons. The Morgan fingerprint density at radius 3 is 2.33 bits per heavy atom. The van der Waals surface area contributed by atoms with Crippen LogP contribution in [0.4, 0.5) is 5.82 Å². The summed E-state index contributed by atoms with van der Waals surface area (Å²) >= 11 is 1.49. The first-order chi connectivity index (χ1) is 19.2. The van der Waals surface area contributed by atoms with Gasteiger partial charge in [-0.2, -0.15) is 0 Å². The van der Waals surface area contributed by atoms with Gasteiger partial charge in [0.1, 0.15) is 16.9 Å². The Balaban J connectivity index is 0.000000279. The molecule has 2 aliphatic heterocycles. The van der Waals surface area contributed by atoms with Crippen LogP contribution in [-0.4, -0.2) is 69.3 Å². The molecule has 0 aliphatic carbocycles. The molecule has 2 aromatic heterocycles. The van der Waals surface area contributed by atoms with Crippen molar-refractivity contribution in [3.05, 3.63) is 45.5 Å². The molecular weight excluding hydrogens is 520 g/mol. The third-order valence-electron chi connectivity index (χ3n) is 6.75. The molecule has 0 radical (unpaired) electrons. The Kier molecular flexibility index (Phi) is 15.1. The second kappa shape index (κ2) is 17.9. The molecule has 9 heteroatoms. The SMILES string of the molecule is C/C=C(\NC(C)=Nc1ccc(C)cn1)c1sc(C(C)O)nc1C.CCC.O=CN1CCC(N2CCCCC2)CC1. The average Bonchev–Trinajstić information content (AvgIpc) is 3.36. The van der Waals surface area contributed by atoms with Gasteiger partial charge in [-0.05, 0) is 85.0 Å². The molecule has 0 aromatic carbocycles. The molecule has 2 N–H and O–H groups in total. The predicted octanol–water partition coefficient (Wildman–Crippen LogP) is 6.42. The number of amides is 1. The van der Waals surface area contributed by atoms with Crippen LogP contribution in [0.1, 0.15) is 100 Å². The smallest absolute Gasteiger partial charge is 0.209 e. The van der Waals surface area contributed by atoms with Crippen LogP contribution in [0.15, 0.2) is 29.4 Å². The molecule has 0 spiro atoms. The highest BCUT2D eigenvalue weighted by molar-refractivity contribution is 7.13. The summed E-state index contributed by atoms with van der Waals surface area (Å²) in [6.45, 7) is 18.3. The van der Waals surface area contributed by atoms with E-state index in [-0.39, 0.29) is 0 Å². The van der Waals surface area contributed by atoms with Crippen molar-refractivity contribution in [2.45, 2.75) is 99.1 Å². The Hall–Kier alpha value is -2.62. The number of nitrogens with zero attached hydrogens (tertiary/aromatic N) is 5. The molecule has 40 heavy (non-hydrogen) atoms. The van der Waals surface area contributed by atoms with E-state index in [4.69, 9.17) is 0 Å². The summed E-state index contributed by atoms with van der Waals surface area (Å²) in [6, 6.07) is 4.63. The maximum absolute atomic E-state index is 10.6. The highest BCUT2D eigenvalue weighted by Crippen LogP contribution is 2.28. The number of aliphatic imine (C=N–C) groups is 1. The molecule has 8 nitrogen and oxygen atoms in total. The van der Waals surface area contributed by atoms with Crippen LogP contribution in [-0.2, 0) is 4.79 Å². The first-order valence-electron chi connectivity index (χ1n) is 14.7. The summed E-state index contributed by atoms with van der Waals surface area (Å²) in [5.74, 6) is 1.42. The van der Waals surface area contributed by atoms with Gasteiger partial charge in [0.2, 0.25) is 6.41 Å². The quantitative estimate of drug-likeness (QED) is 0.237. The van der Waals surface area contributed by atoms with Crippen molar-refractivity contribution >= 4 is 35.1 Å². The maximum atomic E-state index is 10.6. The first-order valence-corrected chi connectivity index (χ1v) is 15.5. The van der Waals surface area contributed by atoms with Gasteiger partial charge < -0.3 is 20.2 Å². The van der Waals surface area contributed by atoms with Crippen LogP contribution < -0.4 is 5.32 Å². The van der Waals surface area contributed by atoms with Gasteiger partial charge in [0.15, 0.2) is 5.82 Å². The van der Waals surface area contributed by atoms with Gasteiger partial charge in [-0.25, -0.2) is 15.0 Å². The largest absolute Gasteiger partial charge is 0.386 e. The van der Waals surface area contributed by atoms with Gasteiger partial charge in [-0.15, -0.1) is 11.3 Å². The number of carbonyl (C=O) groups is 1. The molecule has 2 aromatic rings. The zero-order valence-electron chi connectivity index (χ0n) is 25.6. The van der Waals surface area contributed by atoms with Crippen molar-refractivity contribution in [1.82, 2.24) is 25.1 Å². The van der Waals surface area contributed by atoms with Crippen molar-refractivity contribution in [3.63, 3.8) is 0 Å². The minimum atomic E-state index is -0.558. The normalized spacial score (nSPS) is 17.8. The maximum Gasteiger partial charge on any atom is 0.209 e. The number of allylic oxidation sites excluding steroid dienone is 1. The summed E-state index contributed by atoms with van der Waals surface area (Å²) in [7, 11) is 0. The molecule has 0 saturated carbocycles. The fourth-order valence-corrected chi connectivity index (χ4v) is 5.70. The van der Waals surface area contributed by atoms with Crippen LogP contribution in [0.5, 0.6) is 0 Å². The van der Waals surface area contributed by atoms with E-state index in [1.165, 1.54) is 63.0 Å². The number of amidine groups is 1. The van der Waals surface area contributed by atoms with Gasteiger partial charge >= 0.3 is 0 Å². The summed E-state index contributed by atoms with van der Waals surface area (Å²) in [5, 5.41) is 13.7. The van der Waals surface area contributed by atoms with E-state index in [1.54, 1.807) is 13.1 Å².